The second-order valence-electron chi connectivity index (χ2n) is 4.12. The molecule has 0 aliphatic rings. The van der Waals surface area contributed by atoms with Crippen LogP contribution in [0.1, 0.15) is 37.0 Å². The molecule has 1 aromatic carbocycles. The van der Waals surface area contributed by atoms with Gasteiger partial charge < -0.3 is 4.74 Å². The Morgan fingerprint density at radius 3 is 2.58 bits per heavy atom. The van der Waals surface area contributed by atoms with Gasteiger partial charge in [-0.25, -0.2) is 13.2 Å². The minimum Gasteiger partial charge on any atom is -0.459 e. The molecular formula is C12H14BrClO4S. The molecule has 0 bridgehead atoms. The molecule has 0 aliphatic heterocycles. The number of rotatable bonds is 5. The van der Waals surface area contributed by atoms with E-state index in [1.807, 2.05) is 6.92 Å². The summed E-state index contributed by atoms with van der Waals surface area (Å²) in [7, 11) is 1.38. The van der Waals surface area contributed by atoms with Gasteiger partial charge in [0.05, 0.1) is 16.6 Å². The number of halogens is 2. The van der Waals surface area contributed by atoms with Crippen LogP contribution in [0.5, 0.6) is 0 Å². The van der Waals surface area contributed by atoms with E-state index in [9.17, 15) is 13.2 Å². The lowest BCUT2D eigenvalue weighted by Crippen LogP contribution is -2.15. The third kappa shape index (κ3) is 5.12. The molecule has 0 saturated carbocycles. The topological polar surface area (TPSA) is 60.4 Å². The average Bonchev–Trinajstić information content (AvgIpc) is 2.27. The molecule has 0 spiro atoms. The van der Waals surface area contributed by atoms with E-state index in [2.05, 4.69) is 15.9 Å². The van der Waals surface area contributed by atoms with E-state index >= 15 is 0 Å². The molecule has 0 radical (unpaired) electrons. The van der Waals surface area contributed by atoms with Crippen molar-refractivity contribution in [3.63, 3.8) is 0 Å². The van der Waals surface area contributed by atoms with Crippen LogP contribution in [0.25, 0.3) is 0 Å². The second kappa shape index (κ2) is 6.72. The third-order valence-electron chi connectivity index (χ3n) is 2.39. The number of esters is 1. The van der Waals surface area contributed by atoms with Crippen LogP contribution in [0.4, 0.5) is 0 Å². The first-order chi connectivity index (χ1) is 8.74. The van der Waals surface area contributed by atoms with Crippen LogP contribution in [0, 0.1) is 0 Å². The zero-order valence-electron chi connectivity index (χ0n) is 10.5. The van der Waals surface area contributed by atoms with Crippen molar-refractivity contribution < 1.29 is 17.9 Å². The second-order valence-corrected chi connectivity index (χ2v) is 7.60. The quantitative estimate of drug-likeness (QED) is 0.586. The Hall–Kier alpha value is -0.590. The molecule has 4 nitrogen and oxygen atoms in total. The first-order valence-corrected chi connectivity index (χ1v) is 8.80. The fraction of sp³-hybridized carbons (Fsp3) is 0.417. The Morgan fingerprint density at radius 1 is 1.42 bits per heavy atom. The summed E-state index contributed by atoms with van der Waals surface area (Å²) < 4.78 is 28.2. The van der Waals surface area contributed by atoms with Crippen molar-refractivity contribution in [2.75, 3.05) is 0 Å². The maximum Gasteiger partial charge on any atom is 0.338 e. The number of hydrogen-bond acceptors (Lipinski definition) is 4. The summed E-state index contributed by atoms with van der Waals surface area (Å²) in [6.45, 7) is 3.78. The zero-order chi connectivity index (χ0) is 14.6. The van der Waals surface area contributed by atoms with Gasteiger partial charge in [-0.1, -0.05) is 29.3 Å². The Balaban J connectivity index is 3.01. The Morgan fingerprint density at radius 2 is 2.05 bits per heavy atom. The number of benzene rings is 1. The summed E-state index contributed by atoms with van der Waals surface area (Å²) in [6.07, 6.45) is 1.43. The van der Waals surface area contributed by atoms with Crippen molar-refractivity contribution in [1.82, 2.24) is 0 Å². The van der Waals surface area contributed by atoms with Crippen LogP contribution in [0.2, 0.25) is 0 Å². The van der Waals surface area contributed by atoms with Gasteiger partial charge in [0, 0.05) is 15.2 Å². The Bertz CT molecular complexity index is 571. The summed E-state index contributed by atoms with van der Waals surface area (Å²) in [6, 6.07) is 4.02. The van der Waals surface area contributed by atoms with Crippen molar-refractivity contribution in [2.45, 2.75) is 37.7 Å². The third-order valence-corrected chi connectivity index (χ3v) is 4.18. The van der Waals surface area contributed by atoms with Gasteiger partial charge in [0.25, 0.3) is 9.05 Å². The molecular weight excluding hydrogens is 356 g/mol. The molecule has 0 amide bonds. The number of carbonyl (C=O) groups is 1. The van der Waals surface area contributed by atoms with Crippen molar-refractivity contribution >= 4 is 41.6 Å². The van der Waals surface area contributed by atoms with Gasteiger partial charge in [0.15, 0.2) is 0 Å². The first kappa shape index (κ1) is 16.5. The molecule has 0 N–H and O–H groups in total. The molecule has 0 aromatic heterocycles. The van der Waals surface area contributed by atoms with Gasteiger partial charge in [0.1, 0.15) is 0 Å². The number of hydrogen-bond donors (Lipinski definition) is 0. The molecule has 7 heteroatoms. The molecule has 0 heterocycles. The highest BCUT2D eigenvalue weighted by Crippen LogP contribution is 2.23. The Labute approximate surface area is 125 Å². The minimum absolute atomic E-state index is 0.140. The largest absolute Gasteiger partial charge is 0.459 e. The number of carbonyl (C=O) groups excluding carboxylic acids is 1. The highest BCUT2D eigenvalue weighted by atomic mass is 79.9. The minimum atomic E-state index is -3.89. The molecule has 1 unspecified atom stereocenters. The zero-order valence-corrected chi connectivity index (χ0v) is 13.7. The molecule has 19 heavy (non-hydrogen) atoms. The number of ether oxygens (including phenoxy) is 1. The van der Waals surface area contributed by atoms with Crippen molar-refractivity contribution in [1.29, 1.82) is 0 Å². The smallest absolute Gasteiger partial charge is 0.338 e. The van der Waals surface area contributed by atoms with Crippen LogP contribution in [0.15, 0.2) is 27.6 Å². The van der Waals surface area contributed by atoms with E-state index < -0.39 is 15.0 Å². The summed E-state index contributed by atoms with van der Waals surface area (Å²) >= 11 is 3.14. The summed E-state index contributed by atoms with van der Waals surface area (Å²) in [5, 5.41) is 0. The molecule has 0 saturated heterocycles. The summed E-state index contributed by atoms with van der Waals surface area (Å²) in [5.41, 5.74) is 0.150. The molecule has 1 aromatic rings. The van der Waals surface area contributed by atoms with Gasteiger partial charge in [-0.15, -0.1) is 0 Å². The highest BCUT2D eigenvalue weighted by Gasteiger charge is 2.17. The lowest BCUT2D eigenvalue weighted by molar-refractivity contribution is 0.0323. The molecule has 0 aliphatic carbocycles. The standard InChI is InChI=1S/C12H14BrClO4S/c1-3-4-8(2)18-12(15)9-5-10(13)7-11(6-9)19(14,16)17/h5-8H,3-4H2,1-2H3. The lowest BCUT2D eigenvalue weighted by atomic mass is 10.2. The predicted molar refractivity (Wildman–Crippen MR) is 77.0 cm³/mol. The van der Waals surface area contributed by atoms with Crippen molar-refractivity contribution in [2.24, 2.45) is 0 Å². The van der Waals surface area contributed by atoms with Crippen LogP contribution >= 0.6 is 26.6 Å². The van der Waals surface area contributed by atoms with E-state index in [4.69, 9.17) is 15.4 Å². The maximum atomic E-state index is 11.9. The molecule has 1 atom stereocenters. The van der Waals surface area contributed by atoms with E-state index in [-0.39, 0.29) is 16.6 Å². The van der Waals surface area contributed by atoms with Crippen molar-refractivity contribution in [3.8, 4) is 0 Å². The fourth-order valence-corrected chi connectivity index (χ4v) is 2.99. The fourth-order valence-electron chi connectivity index (χ4n) is 1.54. The Kier molecular flexibility index (Phi) is 5.82. The molecule has 1 rings (SSSR count). The van der Waals surface area contributed by atoms with Crippen LogP contribution in [-0.4, -0.2) is 20.5 Å². The molecule has 106 valence electrons. The van der Waals surface area contributed by atoms with Gasteiger partial charge in [0.2, 0.25) is 0 Å². The monoisotopic (exact) mass is 368 g/mol. The van der Waals surface area contributed by atoms with Crippen LogP contribution < -0.4 is 0 Å². The van der Waals surface area contributed by atoms with Crippen LogP contribution in [-0.2, 0) is 13.8 Å². The highest BCUT2D eigenvalue weighted by molar-refractivity contribution is 9.10. The van der Waals surface area contributed by atoms with Crippen LogP contribution in [0.3, 0.4) is 0 Å². The summed E-state index contributed by atoms with van der Waals surface area (Å²) in [5.74, 6) is -0.566. The lowest BCUT2D eigenvalue weighted by Gasteiger charge is -2.12. The van der Waals surface area contributed by atoms with E-state index in [0.29, 0.717) is 4.47 Å². The van der Waals surface area contributed by atoms with E-state index in [0.717, 1.165) is 12.8 Å². The predicted octanol–water partition coefficient (Wildman–Crippen LogP) is 3.72. The van der Waals surface area contributed by atoms with Crippen molar-refractivity contribution in [3.05, 3.63) is 28.2 Å². The van der Waals surface area contributed by atoms with E-state index in [1.165, 1.54) is 18.2 Å². The van der Waals surface area contributed by atoms with Gasteiger partial charge in [-0.3, -0.25) is 0 Å². The van der Waals surface area contributed by atoms with Gasteiger partial charge >= 0.3 is 5.97 Å². The first-order valence-electron chi connectivity index (χ1n) is 5.70. The average molecular weight is 370 g/mol. The van der Waals surface area contributed by atoms with Gasteiger partial charge in [-0.05, 0) is 31.5 Å². The summed E-state index contributed by atoms with van der Waals surface area (Å²) in [4.78, 5) is 11.7. The van der Waals surface area contributed by atoms with E-state index in [1.54, 1.807) is 6.92 Å². The SMILES string of the molecule is CCCC(C)OC(=O)c1cc(Br)cc(S(=O)(=O)Cl)c1. The normalized spacial score (nSPS) is 13.1. The van der Waals surface area contributed by atoms with Gasteiger partial charge in [-0.2, -0.15) is 0 Å². The molecule has 0 fully saturated rings. The maximum absolute atomic E-state index is 11.9.